The Hall–Kier alpha value is -1.07. The van der Waals surface area contributed by atoms with Crippen molar-refractivity contribution < 1.29 is 8.42 Å². The summed E-state index contributed by atoms with van der Waals surface area (Å²) in [6.45, 7) is 1.87. The van der Waals surface area contributed by atoms with Crippen LogP contribution in [0.3, 0.4) is 0 Å². The summed E-state index contributed by atoms with van der Waals surface area (Å²) in [6.07, 6.45) is 7.74. The average molecular weight is 296 g/mol. The maximum absolute atomic E-state index is 12.4. The molecule has 0 unspecified atom stereocenters. The lowest BCUT2D eigenvalue weighted by molar-refractivity contribution is 0.426. The van der Waals surface area contributed by atoms with E-state index in [-0.39, 0.29) is 10.9 Å². The third-order valence-electron chi connectivity index (χ3n) is 3.99. The Morgan fingerprint density at radius 3 is 2.30 bits per heavy atom. The van der Waals surface area contributed by atoms with Crippen LogP contribution in [0.4, 0.5) is 5.69 Å². The Morgan fingerprint density at radius 2 is 1.70 bits per heavy atom. The van der Waals surface area contributed by atoms with Crippen molar-refractivity contribution in [3.05, 3.63) is 23.8 Å². The molecule has 1 aliphatic rings. The van der Waals surface area contributed by atoms with Crippen LogP contribution in [0.25, 0.3) is 0 Å². The minimum absolute atomic E-state index is 0.0582. The van der Waals surface area contributed by atoms with E-state index in [0.29, 0.717) is 5.69 Å². The molecule has 4 nitrogen and oxygen atoms in total. The monoisotopic (exact) mass is 296 g/mol. The highest BCUT2D eigenvalue weighted by atomic mass is 32.2. The highest BCUT2D eigenvalue weighted by molar-refractivity contribution is 7.89. The van der Waals surface area contributed by atoms with E-state index in [9.17, 15) is 8.42 Å². The average Bonchev–Trinajstić information content (AvgIpc) is 2.35. The normalized spacial score (nSPS) is 18.4. The summed E-state index contributed by atoms with van der Waals surface area (Å²) in [6, 6.07) is 4.97. The van der Waals surface area contributed by atoms with E-state index in [0.717, 1.165) is 31.2 Å². The van der Waals surface area contributed by atoms with Gasteiger partial charge in [-0.15, -0.1) is 0 Å². The lowest BCUT2D eigenvalue weighted by Crippen LogP contribution is -2.35. The number of nitrogens with one attached hydrogen (secondary N) is 1. The fraction of sp³-hybridized carbons (Fsp3) is 0.600. The zero-order valence-electron chi connectivity index (χ0n) is 12.1. The summed E-state index contributed by atoms with van der Waals surface area (Å²) in [7, 11) is -3.46. The van der Waals surface area contributed by atoms with Gasteiger partial charge in [-0.3, -0.25) is 0 Å². The third kappa shape index (κ3) is 3.96. The van der Waals surface area contributed by atoms with Crippen molar-refractivity contribution in [1.82, 2.24) is 4.72 Å². The van der Waals surface area contributed by atoms with Gasteiger partial charge in [0.15, 0.2) is 0 Å². The van der Waals surface area contributed by atoms with E-state index in [1.165, 1.54) is 19.3 Å². The van der Waals surface area contributed by atoms with Gasteiger partial charge in [-0.2, -0.15) is 0 Å². The molecule has 20 heavy (non-hydrogen) atoms. The highest BCUT2D eigenvalue weighted by Gasteiger charge is 2.21. The molecule has 2 rings (SSSR count). The maximum Gasteiger partial charge on any atom is 0.240 e. The molecule has 0 aromatic heterocycles. The topological polar surface area (TPSA) is 72.2 Å². The van der Waals surface area contributed by atoms with E-state index < -0.39 is 10.0 Å². The van der Waals surface area contributed by atoms with E-state index in [1.807, 2.05) is 6.92 Å². The van der Waals surface area contributed by atoms with Gasteiger partial charge in [-0.1, -0.05) is 38.2 Å². The summed E-state index contributed by atoms with van der Waals surface area (Å²) in [4.78, 5) is 0.266. The third-order valence-corrected chi connectivity index (χ3v) is 5.51. The first kappa shape index (κ1) is 15.3. The number of hydrogen-bond donors (Lipinski definition) is 2. The van der Waals surface area contributed by atoms with Crippen LogP contribution in [-0.2, 0) is 10.0 Å². The molecule has 0 heterocycles. The molecule has 3 N–H and O–H groups in total. The summed E-state index contributed by atoms with van der Waals surface area (Å²) in [5.41, 5.74) is 7.22. The van der Waals surface area contributed by atoms with Crippen LogP contribution >= 0.6 is 0 Å². The van der Waals surface area contributed by atoms with Gasteiger partial charge in [0, 0.05) is 11.7 Å². The zero-order chi connectivity index (χ0) is 14.6. The standard InChI is InChI=1S/C15H24N2O2S/c1-12-9-10-14(11-15(12)16)20(18,19)17-13-7-5-3-2-4-6-8-13/h9-11,13,17H,2-8,16H2,1H3. The summed E-state index contributed by atoms with van der Waals surface area (Å²) in [5, 5.41) is 0. The Bertz CT molecular complexity index is 547. The van der Waals surface area contributed by atoms with Gasteiger partial charge in [0.1, 0.15) is 0 Å². The van der Waals surface area contributed by atoms with Gasteiger partial charge in [-0.05, 0) is 37.5 Å². The molecule has 0 spiro atoms. The van der Waals surface area contributed by atoms with Crippen LogP contribution in [-0.4, -0.2) is 14.5 Å². The van der Waals surface area contributed by atoms with Crippen LogP contribution in [0.5, 0.6) is 0 Å². The molecular weight excluding hydrogens is 272 g/mol. The van der Waals surface area contributed by atoms with E-state index in [2.05, 4.69) is 4.72 Å². The molecule has 1 aromatic rings. The Kier molecular flexibility index (Phi) is 5.05. The lowest BCUT2D eigenvalue weighted by atomic mass is 9.97. The van der Waals surface area contributed by atoms with Crippen LogP contribution in [0, 0.1) is 6.92 Å². The second-order valence-electron chi connectivity index (χ2n) is 5.68. The van der Waals surface area contributed by atoms with Gasteiger partial charge in [-0.25, -0.2) is 13.1 Å². The smallest absolute Gasteiger partial charge is 0.240 e. The van der Waals surface area contributed by atoms with Crippen molar-refractivity contribution in [3.63, 3.8) is 0 Å². The molecule has 0 atom stereocenters. The molecule has 1 saturated carbocycles. The summed E-state index contributed by atoms with van der Waals surface area (Å²) in [5.74, 6) is 0. The van der Waals surface area contributed by atoms with Gasteiger partial charge in [0.25, 0.3) is 0 Å². The number of nitrogens with two attached hydrogens (primary N) is 1. The number of anilines is 1. The Balaban J connectivity index is 2.10. The number of hydrogen-bond acceptors (Lipinski definition) is 3. The molecule has 112 valence electrons. The summed E-state index contributed by atoms with van der Waals surface area (Å²) < 4.78 is 27.6. The van der Waals surface area contributed by atoms with E-state index in [1.54, 1.807) is 18.2 Å². The van der Waals surface area contributed by atoms with Crippen molar-refractivity contribution >= 4 is 15.7 Å². The summed E-state index contributed by atoms with van der Waals surface area (Å²) >= 11 is 0. The first-order valence-corrected chi connectivity index (χ1v) is 8.86. The second-order valence-corrected chi connectivity index (χ2v) is 7.40. The predicted molar refractivity (Wildman–Crippen MR) is 82.0 cm³/mol. The van der Waals surface area contributed by atoms with E-state index in [4.69, 9.17) is 5.73 Å². The Labute approximate surface area is 121 Å². The molecule has 0 radical (unpaired) electrons. The molecular formula is C15H24N2O2S. The van der Waals surface area contributed by atoms with Crippen LogP contribution in [0.2, 0.25) is 0 Å². The molecule has 0 bridgehead atoms. The zero-order valence-corrected chi connectivity index (χ0v) is 12.9. The number of benzene rings is 1. The number of rotatable bonds is 3. The first-order chi connectivity index (χ1) is 9.49. The maximum atomic E-state index is 12.4. The molecule has 0 aliphatic heterocycles. The lowest BCUT2D eigenvalue weighted by Gasteiger charge is -2.21. The molecule has 1 fully saturated rings. The van der Waals surface area contributed by atoms with Gasteiger partial charge in [0.2, 0.25) is 10.0 Å². The van der Waals surface area contributed by atoms with Crippen LogP contribution in [0.15, 0.2) is 23.1 Å². The van der Waals surface area contributed by atoms with Crippen molar-refractivity contribution in [2.24, 2.45) is 0 Å². The van der Waals surface area contributed by atoms with Gasteiger partial charge in [0.05, 0.1) is 4.90 Å². The minimum Gasteiger partial charge on any atom is -0.398 e. The van der Waals surface area contributed by atoms with Crippen LogP contribution < -0.4 is 10.5 Å². The van der Waals surface area contributed by atoms with E-state index >= 15 is 0 Å². The SMILES string of the molecule is Cc1ccc(S(=O)(=O)NC2CCCCCCC2)cc1N. The van der Waals surface area contributed by atoms with Gasteiger partial charge < -0.3 is 5.73 Å². The predicted octanol–water partition coefficient (Wildman–Crippen LogP) is 2.97. The Morgan fingerprint density at radius 1 is 1.10 bits per heavy atom. The van der Waals surface area contributed by atoms with Gasteiger partial charge >= 0.3 is 0 Å². The quantitative estimate of drug-likeness (QED) is 0.842. The molecule has 1 aliphatic carbocycles. The van der Waals surface area contributed by atoms with Crippen molar-refractivity contribution in [1.29, 1.82) is 0 Å². The first-order valence-electron chi connectivity index (χ1n) is 7.37. The molecule has 5 heteroatoms. The highest BCUT2D eigenvalue weighted by Crippen LogP contribution is 2.21. The minimum atomic E-state index is -3.46. The fourth-order valence-electron chi connectivity index (χ4n) is 2.65. The number of nitrogen functional groups attached to an aromatic ring is 1. The largest absolute Gasteiger partial charge is 0.398 e. The molecule has 0 saturated heterocycles. The van der Waals surface area contributed by atoms with Crippen molar-refractivity contribution in [3.8, 4) is 0 Å². The molecule has 1 aromatic carbocycles. The second kappa shape index (κ2) is 6.59. The number of sulfonamides is 1. The molecule has 0 amide bonds. The fourth-order valence-corrected chi connectivity index (χ4v) is 3.99. The van der Waals surface area contributed by atoms with Crippen molar-refractivity contribution in [2.75, 3.05) is 5.73 Å². The number of aryl methyl sites for hydroxylation is 1. The van der Waals surface area contributed by atoms with Crippen molar-refractivity contribution in [2.45, 2.75) is 62.8 Å². The van der Waals surface area contributed by atoms with Crippen LogP contribution in [0.1, 0.15) is 50.5 Å².